The number of sulfonamides is 1. The summed E-state index contributed by atoms with van der Waals surface area (Å²) in [5, 5.41) is 2.74. The minimum atomic E-state index is -3.53. The zero-order chi connectivity index (χ0) is 18.6. The van der Waals surface area contributed by atoms with Crippen LogP contribution in [0.4, 0.5) is 5.69 Å². The average molecular weight is 443 g/mol. The second-order valence-corrected chi connectivity index (χ2v) is 9.65. The molecule has 0 atom stereocenters. The Labute approximate surface area is 161 Å². The molecule has 8 heteroatoms. The van der Waals surface area contributed by atoms with Crippen LogP contribution in [0.15, 0.2) is 56.7 Å². The number of hydrogen-bond donors (Lipinski definition) is 1. The highest BCUT2D eigenvalue weighted by Gasteiger charge is 2.17. The first-order valence-corrected chi connectivity index (χ1v) is 10.6. The Balaban J connectivity index is 2.03. The summed E-state index contributed by atoms with van der Waals surface area (Å²) in [7, 11) is -0.588. The van der Waals surface area contributed by atoms with E-state index in [9.17, 15) is 13.2 Å². The van der Waals surface area contributed by atoms with Gasteiger partial charge in [-0.15, -0.1) is 11.8 Å². The van der Waals surface area contributed by atoms with E-state index in [4.69, 9.17) is 0 Å². The van der Waals surface area contributed by atoms with E-state index in [1.807, 2.05) is 25.1 Å². The minimum Gasteiger partial charge on any atom is -0.325 e. The molecular formula is C17H19BrN2O3S2. The molecule has 0 fully saturated rings. The fraction of sp³-hybridized carbons (Fsp3) is 0.235. The number of nitrogens with one attached hydrogen (secondary N) is 1. The second kappa shape index (κ2) is 8.35. The molecule has 5 nitrogen and oxygen atoms in total. The first-order valence-electron chi connectivity index (χ1n) is 7.41. The first kappa shape index (κ1) is 20.0. The third kappa shape index (κ3) is 5.31. The molecule has 2 aromatic carbocycles. The van der Waals surface area contributed by atoms with Crippen LogP contribution in [0.5, 0.6) is 0 Å². The van der Waals surface area contributed by atoms with Gasteiger partial charge < -0.3 is 5.32 Å². The summed E-state index contributed by atoms with van der Waals surface area (Å²) in [6, 6.07) is 12.1. The number of halogens is 1. The fourth-order valence-electron chi connectivity index (χ4n) is 2.06. The summed E-state index contributed by atoms with van der Waals surface area (Å²) in [6.45, 7) is 1.99. The summed E-state index contributed by atoms with van der Waals surface area (Å²) in [4.78, 5) is 13.3. The van der Waals surface area contributed by atoms with Gasteiger partial charge in [-0.2, -0.15) is 0 Å². The predicted molar refractivity (Wildman–Crippen MR) is 106 cm³/mol. The number of thioether (sulfide) groups is 1. The van der Waals surface area contributed by atoms with Gasteiger partial charge in [0.25, 0.3) is 0 Å². The second-order valence-electron chi connectivity index (χ2n) is 5.56. The van der Waals surface area contributed by atoms with Gasteiger partial charge in [-0.1, -0.05) is 22.0 Å². The SMILES string of the molecule is Cc1cc(Br)ccc1SCC(=O)Nc1cccc(S(=O)(=O)N(C)C)c1. The fourth-order valence-corrected chi connectivity index (χ4v) is 4.29. The number of anilines is 1. The molecule has 0 aromatic heterocycles. The van der Waals surface area contributed by atoms with E-state index in [-0.39, 0.29) is 16.6 Å². The van der Waals surface area contributed by atoms with Crippen molar-refractivity contribution in [2.45, 2.75) is 16.7 Å². The third-order valence-electron chi connectivity index (χ3n) is 3.39. The van der Waals surface area contributed by atoms with Crippen molar-refractivity contribution >= 4 is 49.3 Å². The van der Waals surface area contributed by atoms with Gasteiger partial charge in [-0.25, -0.2) is 12.7 Å². The molecule has 0 saturated carbocycles. The number of carbonyl (C=O) groups excluding carboxylic acids is 1. The molecule has 0 spiro atoms. The standard InChI is InChI=1S/C17H19BrN2O3S2/c1-12-9-13(18)7-8-16(12)24-11-17(21)19-14-5-4-6-15(10-14)25(22,23)20(2)3/h4-10H,11H2,1-3H3,(H,19,21). The topological polar surface area (TPSA) is 66.5 Å². The quantitative estimate of drug-likeness (QED) is 0.691. The van der Waals surface area contributed by atoms with Crippen LogP contribution in [0.1, 0.15) is 5.56 Å². The van der Waals surface area contributed by atoms with Crippen LogP contribution in [-0.4, -0.2) is 38.5 Å². The Morgan fingerprint density at radius 2 is 1.92 bits per heavy atom. The Morgan fingerprint density at radius 3 is 2.56 bits per heavy atom. The molecule has 134 valence electrons. The molecule has 0 aliphatic rings. The molecule has 0 bridgehead atoms. The van der Waals surface area contributed by atoms with E-state index in [0.29, 0.717) is 5.69 Å². The molecular weight excluding hydrogens is 424 g/mol. The number of hydrogen-bond acceptors (Lipinski definition) is 4. The van der Waals surface area contributed by atoms with Gasteiger partial charge in [0.2, 0.25) is 15.9 Å². The van der Waals surface area contributed by atoms with Crippen LogP contribution >= 0.6 is 27.7 Å². The maximum atomic E-state index is 12.2. The van der Waals surface area contributed by atoms with Gasteiger partial charge in [0.05, 0.1) is 10.6 Å². The Kier molecular flexibility index (Phi) is 6.67. The molecule has 0 aliphatic heterocycles. The molecule has 1 amide bonds. The minimum absolute atomic E-state index is 0.145. The Hall–Kier alpha value is -1.35. The van der Waals surface area contributed by atoms with E-state index in [1.165, 1.54) is 38.0 Å². The van der Waals surface area contributed by atoms with Gasteiger partial charge in [-0.3, -0.25) is 4.79 Å². The number of aryl methyl sites for hydroxylation is 1. The molecule has 2 rings (SSSR count). The van der Waals surface area contributed by atoms with Crippen LogP contribution < -0.4 is 5.32 Å². The van der Waals surface area contributed by atoms with E-state index in [2.05, 4.69) is 21.2 Å². The number of rotatable bonds is 6. The molecule has 0 aliphatic carbocycles. The van der Waals surface area contributed by atoms with Crippen molar-refractivity contribution in [1.82, 2.24) is 4.31 Å². The summed E-state index contributed by atoms with van der Waals surface area (Å²) < 4.78 is 26.4. The van der Waals surface area contributed by atoms with Crippen LogP contribution in [-0.2, 0) is 14.8 Å². The Bertz CT molecular complexity index is 883. The van der Waals surface area contributed by atoms with E-state index in [0.717, 1.165) is 19.2 Å². The van der Waals surface area contributed by atoms with Crippen molar-refractivity contribution in [3.8, 4) is 0 Å². The lowest BCUT2D eigenvalue weighted by Gasteiger charge is -2.13. The summed E-state index contributed by atoms with van der Waals surface area (Å²) in [6.07, 6.45) is 0. The van der Waals surface area contributed by atoms with Crippen LogP contribution in [0.3, 0.4) is 0 Å². The zero-order valence-corrected chi connectivity index (χ0v) is 17.3. The van der Waals surface area contributed by atoms with Gasteiger partial charge in [-0.05, 0) is 48.9 Å². The molecule has 0 radical (unpaired) electrons. The highest BCUT2D eigenvalue weighted by molar-refractivity contribution is 9.10. The van der Waals surface area contributed by atoms with E-state index < -0.39 is 10.0 Å². The first-order chi connectivity index (χ1) is 11.7. The lowest BCUT2D eigenvalue weighted by molar-refractivity contribution is -0.113. The smallest absolute Gasteiger partial charge is 0.242 e. The maximum Gasteiger partial charge on any atom is 0.242 e. The Morgan fingerprint density at radius 1 is 1.20 bits per heavy atom. The summed E-state index contributed by atoms with van der Waals surface area (Å²) in [5.41, 5.74) is 1.55. The van der Waals surface area contributed by atoms with Crippen molar-refractivity contribution in [2.75, 3.05) is 25.2 Å². The van der Waals surface area contributed by atoms with Crippen LogP contribution in [0.25, 0.3) is 0 Å². The van der Waals surface area contributed by atoms with Gasteiger partial charge in [0, 0.05) is 29.2 Å². The highest BCUT2D eigenvalue weighted by atomic mass is 79.9. The maximum absolute atomic E-state index is 12.2. The van der Waals surface area contributed by atoms with Gasteiger partial charge >= 0.3 is 0 Å². The summed E-state index contributed by atoms with van der Waals surface area (Å²) >= 11 is 4.85. The van der Waals surface area contributed by atoms with Crippen molar-refractivity contribution in [3.63, 3.8) is 0 Å². The van der Waals surface area contributed by atoms with Crippen molar-refractivity contribution in [2.24, 2.45) is 0 Å². The molecule has 1 N–H and O–H groups in total. The third-order valence-corrected chi connectivity index (χ3v) is 6.87. The van der Waals surface area contributed by atoms with Gasteiger partial charge in [0.15, 0.2) is 0 Å². The highest BCUT2D eigenvalue weighted by Crippen LogP contribution is 2.25. The molecule has 25 heavy (non-hydrogen) atoms. The number of amides is 1. The zero-order valence-electron chi connectivity index (χ0n) is 14.1. The van der Waals surface area contributed by atoms with Crippen molar-refractivity contribution in [1.29, 1.82) is 0 Å². The molecule has 0 unspecified atom stereocenters. The molecule has 0 saturated heterocycles. The monoisotopic (exact) mass is 442 g/mol. The number of carbonyl (C=O) groups is 1. The summed E-state index contributed by atoms with van der Waals surface area (Å²) in [5.74, 6) is 0.0550. The van der Waals surface area contributed by atoms with E-state index >= 15 is 0 Å². The van der Waals surface area contributed by atoms with Crippen LogP contribution in [0, 0.1) is 6.92 Å². The average Bonchev–Trinajstić information content (AvgIpc) is 2.54. The largest absolute Gasteiger partial charge is 0.325 e. The number of nitrogens with zero attached hydrogens (tertiary/aromatic N) is 1. The van der Waals surface area contributed by atoms with Crippen molar-refractivity contribution in [3.05, 3.63) is 52.5 Å². The van der Waals surface area contributed by atoms with Crippen molar-refractivity contribution < 1.29 is 13.2 Å². The number of benzene rings is 2. The lowest BCUT2D eigenvalue weighted by atomic mass is 10.2. The lowest BCUT2D eigenvalue weighted by Crippen LogP contribution is -2.22. The van der Waals surface area contributed by atoms with Crippen LogP contribution in [0.2, 0.25) is 0 Å². The predicted octanol–water partition coefficient (Wildman–Crippen LogP) is 3.74. The molecule has 2 aromatic rings. The normalized spacial score (nSPS) is 11.6. The molecule has 0 heterocycles. The van der Waals surface area contributed by atoms with E-state index in [1.54, 1.807) is 12.1 Å². The van der Waals surface area contributed by atoms with Gasteiger partial charge in [0.1, 0.15) is 0 Å².